The lowest BCUT2D eigenvalue weighted by atomic mass is 10.1. The van der Waals surface area contributed by atoms with Gasteiger partial charge in [-0.15, -0.1) is 0 Å². The number of hydrogen-bond acceptors (Lipinski definition) is 6. The normalized spacial score (nSPS) is 14.1. The molecule has 4 aromatic heterocycles. The van der Waals surface area contributed by atoms with Gasteiger partial charge in [-0.3, -0.25) is 9.67 Å². The number of fused-ring (bicyclic) bond motifs is 1. The molecule has 34 heavy (non-hydrogen) atoms. The van der Waals surface area contributed by atoms with Crippen LogP contribution in [0.3, 0.4) is 0 Å². The Morgan fingerprint density at radius 1 is 0.735 bits per heavy atom. The monoisotopic (exact) mass is 450 g/mol. The molecule has 5 heterocycles. The van der Waals surface area contributed by atoms with E-state index in [-0.39, 0.29) is 0 Å². The number of pyridine rings is 1. The summed E-state index contributed by atoms with van der Waals surface area (Å²) in [5.74, 6) is 0.942. The van der Waals surface area contributed by atoms with Gasteiger partial charge in [-0.2, -0.15) is 10.2 Å². The Labute approximate surface area is 198 Å². The van der Waals surface area contributed by atoms with Crippen molar-refractivity contribution in [2.24, 2.45) is 7.05 Å². The van der Waals surface area contributed by atoms with E-state index in [0.29, 0.717) is 0 Å². The van der Waals surface area contributed by atoms with Crippen molar-refractivity contribution in [2.45, 2.75) is 6.42 Å². The summed E-state index contributed by atoms with van der Waals surface area (Å²) in [5.41, 5.74) is 6.72. The van der Waals surface area contributed by atoms with E-state index in [1.165, 1.54) is 11.3 Å². The van der Waals surface area contributed by atoms with Gasteiger partial charge in [-0.1, -0.05) is 36.4 Å². The summed E-state index contributed by atoms with van der Waals surface area (Å²) < 4.78 is 3.77. The molecule has 8 heteroatoms. The summed E-state index contributed by atoms with van der Waals surface area (Å²) in [6.07, 6.45) is 12.5. The van der Waals surface area contributed by atoms with Crippen molar-refractivity contribution in [3.8, 4) is 11.1 Å². The van der Waals surface area contributed by atoms with Crippen LogP contribution < -0.4 is 9.80 Å². The molecule has 0 saturated carbocycles. The zero-order chi connectivity index (χ0) is 22.9. The molecule has 0 aliphatic carbocycles. The van der Waals surface area contributed by atoms with Gasteiger partial charge in [0, 0.05) is 63.2 Å². The summed E-state index contributed by atoms with van der Waals surface area (Å²) in [7, 11) is 1.93. The Hall–Kier alpha value is -4.20. The molecule has 0 N–H and O–H groups in total. The van der Waals surface area contributed by atoms with Crippen molar-refractivity contribution in [3.63, 3.8) is 0 Å². The second-order valence-electron chi connectivity index (χ2n) is 8.68. The van der Waals surface area contributed by atoms with E-state index < -0.39 is 0 Å². The van der Waals surface area contributed by atoms with Gasteiger partial charge < -0.3 is 9.80 Å². The smallest absolute Gasteiger partial charge is 0.147 e. The largest absolute Gasteiger partial charge is 0.365 e. The van der Waals surface area contributed by atoms with Gasteiger partial charge in [-0.05, 0) is 11.6 Å². The number of anilines is 2. The van der Waals surface area contributed by atoms with Crippen molar-refractivity contribution < 1.29 is 0 Å². The van der Waals surface area contributed by atoms with Crippen LogP contribution in [0.4, 0.5) is 11.5 Å². The van der Waals surface area contributed by atoms with E-state index in [1.807, 2.05) is 53.3 Å². The predicted molar refractivity (Wildman–Crippen MR) is 133 cm³/mol. The van der Waals surface area contributed by atoms with Crippen LogP contribution in [0.5, 0.6) is 0 Å². The minimum Gasteiger partial charge on any atom is -0.365 e. The van der Waals surface area contributed by atoms with E-state index in [2.05, 4.69) is 67.6 Å². The third-order valence-electron chi connectivity index (χ3n) is 6.40. The number of rotatable bonds is 5. The Balaban J connectivity index is 1.12. The molecule has 0 amide bonds. The number of benzene rings is 1. The molecule has 5 aromatic rings. The highest BCUT2D eigenvalue weighted by atomic mass is 15.3. The average Bonchev–Trinajstić information content (AvgIpc) is 3.51. The minimum atomic E-state index is 0.805. The van der Waals surface area contributed by atoms with Gasteiger partial charge in [0.2, 0.25) is 0 Å². The van der Waals surface area contributed by atoms with E-state index >= 15 is 0 Å². The first-order valence-electron chi connectivity index (χ1n) is 11.5. The van der Waals surface area contributed by atoms with Crippen molar-refractivity contribution in [3.05, 3.63) is 90.9 Å². The molecule has 1 aromatic carbocycles. The number of piperazine rings is 1. The highest BCUT2D eigenvalue weighted by Crippen LogP contribution is 2.27. The van der Waals surface area contributed by atoms with Gasteiger partial charge in [0.25, 0.3) is 0 Å². The molecular weight excluding hydrogens is 424 g/mol. The Kier molecular flexibility index (Phi) is 5.18. The van der Waals surface area contributed by atoms with Crippen LogP contribution in [0.2, 0.25) is 0 Å². The topological polar surface area (TPSA) is 67.4 Å². The first-order valence-corrected chi connectivity index (χ1v) is 11.5. The van der Waals surface area contributed by atoms with Crippen LogP contribution in [-0.4, -0.2) is 55.5 Å². The lowest BCUT2D eigenvalue weighted by Gasteiger charge is -2.36. The molecule has 0 atom stereocenters. The second kappa shape index (κ2) is 8.62. The Morgan fingerprint density at radius 2 is 1.56 bits per heavy atom. The molecule has 170 valence electrons. The molecule has 1 saturated heterocycles. The van der Waals surface area contributed by atoms with Gasteiger partial charge in [0.1, 0.15) is 5.82 Å². The van der Waals surface area contributed by atoms with Gasteiger partial charge in [0.05, 0.1) is 41.7 Å². The van der Waals surface area contributed by atoms with Crippen LogP contribution in [0, 0.1) is 0 Å². The van der Waals surface area contributed by atoms with E-state index in [0.717, 1.165) is 60.8 Å². The zero-order valence-corrected chi connectivity index (χ0v) is 19.1. The molecule has 1 aliphatic rings. The van der Waals surface area contributed by atoms with Crippen LogP contribution in [0.15, 0.2) is 79.6 Å². The number of nitrogens with zero attached hydrogens (tertiary/aromatic N) is 8. The maximum Gasteiger partial charge on any atom is 0.147 e. The van der Waals surface area contributed by atoms with Gasteiger partial charge >= 0.3 is 0 Å². The number of hydrogen-bond donors (Lipinski definition) is 0. The average molecular weight is 451 g/mol. The summed E-state index contributed by atoms with van der Waals surface area (Å²) in [6, 6.07) is 14.7. The molecule has 0 spiro atoms. The maximum atomic E-state index is 4.70. The molecule has 0 bridgehead atoms. The zero-order valence-electron chi connectivity index (χ0n) is 19.1. The van der Waals surface area contributed by atoms with Gasteiger partial charge in [0.15, 0.2) is 0 Å². The first kappa shape index (κ1) is 20.4. The lowest BCUT2D eigenvalue weighted by Crippen LogP contribution is -2.46. The third kappa shape index (κ3) is 3.98. The molecule has 1 aliphatic heterocycles. The summed E-state index contributed by atoms with van der Waals surface area (Å²) >= 11 is 0. The fourth-order valence-corrected chi connectivity index (χ4v) is 4.54. The molecule has 1 fully saturated rings. The van der Waals surface area contributed by atoms with E-state index in [4.69, 9.17) is 4.98 Å². The van der Waals surface area contributed by atoms with Crippen molar-refractivity contribution >= 4 is 17.0 Å². The molecule has 6 rings (SSSR count). The standard InChI is InChI=1S/C26H26N8/c1-31-18-22(14-29-31)21-7-8-24-25(16-30-34(24)19-21)32-9-11-33(12-10-32)26-17-27-23(15-28-26)13-20-5-3-2-4-6-20/h2-8,14-19H,9-13H2,1H3. The highest BCUT2D eigenvalue weighted by Gasteiger charge is 2.21. The summed E-state index contributed by atoms with van der Waals surface area (Å²) in [6.45, 7) is 3.63. The summed E-state index contributed by atoms with van der Waals surface area (Å²) in [4.78, 5) is 14.1. The second-order valence-corrected chi connectivity index (χ2v) is 8.68. The Morgan fingerprint density at radius 3 is 2.29 bits per heavy atom. The first-order chi connectivity index (χ1) is 16.7. The SMILES string of the molecule is Cn1cc(-c2ccc3c(N4CCN(c5cnc(Cc6ccccc6)cn5)CC4)cnn3c2)cn1. The molecule has 0 radical (unpaired) electrons. The van der Waals surface area contributed by atoms with E-state index in [1.54, 1.807) is 0 Å². The summed E-state index contributed by atoms with van der Waals surface area (Å²) in [5, 5.41) is 8.89. The van der Waals surface area contributed by atoms with Crippen molar-refractivity contribution in [1.29, 1.82) is 0 Å². The maximum absolute atomic E-state index is 4.70. The van der Waals surface area contributed by atoms with Crippen LogP contribution in [0.1, 0.15) is 11.3 Å². The quantitative estimate of drug-likeness (QED) is 0.409. The Bertz CT molecular complexity index is 1400. The third-order valence-corrected chi connectivity index (χ3v) is 6.40. The molecule has 0 unspecified atom stereocenters. The molecule has 8 nitrogen and oxygen atoms in total. The van der Waals surface area contributed by atoms with Crippen molar-refractivity contribution in [2.75, 3.05) is 36.0 Å². The highest BCUT2D eigenvalue weighted by molar-refractivity contribution is 5.75. The van der Waals surface area contributed by atoms with E-state index in [9.17, 15) is 0 Å². The lowest BCUT2D eigenvalue weighted by molar-refractivity contribution is 0.647. The van der Waals surface area contributed by atoms with Crippen molar-refractivity contribution in [1.82, 2.24) is 29.4 Å². The van der Waals surface area contributed by atoms with Crippen LogP contribution in [0.25, 0.3) is 16.6 Å². The van der Waals surface area contributed by atoms with Gasteiger partial charge in [-0.25, -0.2) is 9.50 Å². The fourth-order valence-electron chi connectivity index (χ4n) is 4.54. The number of aryl methyl sites for hydroxylation is 1. The fraction of sp³-hybridized carbons (Fsp3) is 0.231. The predicted octanol–water partition coefficient (Wildman–Crippen LogP) is 3.44. The van der Waals surface area contributed by atoms with Crippen LogP contribution >= 0.6 is 0 Å². The minimum absolute atomic E-state index is 0.805. The van der Waals surface area contributed by atoms with Crippen LogP contribution in [-0.2, 0) is 13.5 Å². The molecular formula is C26H26N8. The number of aromatic nitrogens is 6.